The van der Waals surface area contributed by atoms with Gasteiger partial charge in [-0.15, -0.1) is 11.3 Å². The molecule has 0 saturated carbocycles. The van der Waals surface area contributed by atoms with Crippen molar-refractivity contribution in [2.24, 2.45) is 0 Å². The van der Waals surface area contributed by atoms with Gasteiger partial charge in [0, 0.05) is 22.2 Å². The fourth-order valence-electron chi connectivity index (χ4n) is 3.15. The van der Waals surface area contributed by atoms with Crippen molar-refractivity contribution in [1.82, 2.24) is 10.3 Å². The minimum absolute atomic E-state index is 0.233. The number of aryl methyl sites for hydroxylation is 1. The highest BCUT2D eigenvalue weighted by molar-refractivity contribution is 7.14. The molecule has 2 aromatic heterocycles. The number of nitrogens with zero attached hydrogens (tertiary/aromatic N) is 1. The van der Waals surface area contributed by atoms with E-state index in [4.69, 9.17) is 4.74 Å². The van der Waals surface area contributed by atoms with Crippen LogP contribution in [0.15, 0.2) is 18.2 Å². The van der Waals surface area contributed by atoms with Crippen molar-refractivity contribution >= 4 is 29.0 Å². The number of aromatic nitrogens is 1. The summed E-state index contributed by atoms with van der Waals surface area (Å²) in [5.74, 6) is -0.398. The number of carbonyl (C=O) groups is 2. The summed E-state index contributed by atoms with van der Waals surface area (Å²) in [5, 5.41) is 6.20. The molecule has 0 bridgehead atoms. The Morgan fingerprint density at radius 3 is 3.12 bits per heavy atom. The highest BCUT2D eigenvalue weighted by Gasteiger charge is 2.28. The average Bonchev–Trinajstić information content (AvgIpc) is 3.26. The summed E-state index contributed by atoms with van der Waals surface area (Å²) in [4.78, 5) is 30.5. The van der Waals surface area contributed by atoms with Crippen LogP contribution in [-0.4, -0.2) is 23.4 Å². The van der Waals surface area contributed by atoms with Crippen LogP contribution in [0.3, 0.4) is 0 Å². The smallest absolute Gasteiger partial charge is 0.342 e. The van der Waals surface area contributed by atoms with E-state index in [1.165, 1.54) is 16.2 Å². The van der Waals surface area contributed by atoms with Crippen molar-refractivity contribution in [3.05, 3.63) is 44.8 Å². The zero-order valence-electron chi connectivity index (χ0n) is 13.2. The van der Waals surface area contributed by atoms with Gasteiger partial charge in [-0.2, -0.15) is 0 Å². The molecule has 124 valence electrons. The first kappa shape index (κ1) is 15.3. The van der Waals surface area contributed by atoms with Crippen LogP contribution in [0, 0.1) is 6.92 Å². The molecule has 7 heteroatoms. The zero-order chi connectivity index (χ0) is 16.7. The number of ether oxygens (including phenoxy) is 1. The largest absolute Gasteiger partial charge is 0.457 e. The third kappa shape index (κ3) is 2.70. The quantitative estimate of drug-likeness (QED) is 0.838. The lowest BCUT2D eigenvalue weighted by Crippen LogP contribution is -2.15. The first-order valence-corrected chi connectivity index (χ1v) is 8.75. The van der Waals surface area contributed by atoms with Gasteiger partial charge in [-0.1, -0.05) is 0 Å². The Morgan fingerprint density at radius 1 is 1.46 bits per heavy atom. The van der Waals surface area contributed by atoms with Crippen molar-refractivity contribution in [3.8, 4) is 0 Å². The van der Waals surface area contributed by atoms with Crippen molar-refractivity contribution < 1.29 is 14.3 Å². The molecule has 24 heavy (non-hydrogen) atoms. The summed E-state index contributed by atoms with van der Waals surface area (Å²) >= 11 is 1.48. The second-order valence-electron chi connectivity index (χ2n) is 6.03. The van der Waals surface area contributed by atoms with Gasteiger partial charge in [-0.05, 0) is 44.5 Å². The lowest BCUT2D eigenvalue weighted by molar-refractivity contribution is 0.0535. The van der Waals surface area contributed by atoms with Gasteiger partial charge >= 0.3 is 5.97 Å². The number of cyclic esters (lactones) is 1. The summed E-state index contributed by atoms with van der Waals surface area (Å²) in [7, 11) is 0. The molecule has 6 nitrogen and oxygen atoms in total. The van der Waals surface area contributed by atoms with Crippen LogP contribution in [0.5, 0.6) is 0 Å². The summed E-state index contributed by atoms with van der Waals surface area (Å²) in [6.07, 6.45) is 2.26. The number of fused-ring (bicyclic) bond motifs is 1. The fraction of sp³-hybridized carbons (Fsp3) is 0.353. The molecule has 2 aliphatic heterocycles. The van der Waals surface area contributed by atoms with E-state index in [0.717, 1.165) is 30.6 Å². The van der Waals surface area contributed by atoms with Gasteiger partial charge in [0.05, 0.1) is 4.88 Å². The van der Waals surface area contributed by atoms with Crippen LogP contribution in [0.1, 0.15) is 55.0 Å². The molecular formula is C17H17N3O3S. The minimum Gasteiger partial charge on any atom is -0.457 e. The Hall–Kier alpha value is -2.25. The lowest BCUT2D eigenvalue weighted by atomic mass is 10.1. The first-order chi connectivity index (χ1) is 11.6. The molecule has 4 heterocycles. The maximum Gasteiger partial charge on any atom is 0.342 e. The highest BCUT2D eigenvalue weighted by Crippen LogP contribution is 2.31. The molecule has 1 fully saturated rings. The summed E-state index contributed by atoms with van der Waals surface area (Å²) < 4.78 is 5.04. The van der Waals surface area contributed by atoms with E-state index in [9.17, 15) is 9.59 Å². The number of carbonyl (C=O) groups excluding carboxylic acids is 2. The van der Waals surface area contributed by atoms with E-state index in [-0.39, 0.29) is 18.3 Å². The third-order valence-corrected chi connectivity index (χ3v) is 5.48. The first-order valence-electron chi connectivity index (χ1n) is 7.94. The van der Waals surface area contributed by atoms with Gasteiger partial charge in [-0.3, -0.25) is 4.79 Å². The van der Waals surface area contributed by atoms with Crippen LogP contribution >= 0.6 is 11.3 Å². The van der Waals surface area contributed by atoms with Gasteiger partial charge < -0.3 is 15.4 Å². The molecule has 0 spiro atoms. The van der Waals surface area contributed by atoms with E-state index >= 15 is 0 Å². The molecule has 0 aliphatic carbocycles. The maximum absolute atomic E-state index is 12.5. The maximum atomic E-state index is 12.5. The lowest BCUT2D eigenvalue weighted by Gasteiger charge is -2.08. The molecular weight excluding hydrogens is 326 g/mol. The summed E-state index contributed by atoms with van der Waals surface area (Å²) in [5.41, 5.74) is 1.87. The predicted octanol–water partition coefficient (Wildman–Crippen LogP) is 2.80. The Balaban J connectivity index is 1.58. The van der Waals surface area contributed by atoms with Gasteiger partial charge in [0.25, 0.3) is 5.91 Å². The predicted molar refractivity (Wildman–Crippen MR) is 90.3 cm³/mol. The van der Waals surface area contributed by atoms with Gasteiger partial charge in [-0.25, -0.2) is 9.78 Å². The number of rotatable bonds is 3. The molecule has 1 atom stereocenters. The second-order valence-corrected chi connectivity index (χ2v) is 7.14. The van der Waals surface area contributed by atoms with E-state index in [1.807, 2.05) is 25.1 Å². The van der Waals surface area contributed by atoms with Crippen LogP contribution < -0.4 is 10.6 Å². The summed E-state index contributed by atoms with van der Waals surface area (Å²) in [6, 6.07) is 5.97. The van der Waals surface area contributed by atoms with Crippen molar-refractivity contribution in [1.29, 1.82) is 0 Å². The van der Waals surface area contributed by atoms with Gasteiger partial charge in [0.2, 0.25) is 0 Å². The van der Waals surface area contributed by atoms with E-state index in [0.29, 0.717) is 16.5 Å². The highest BCUT2D eigenvalue weighted by atomic mass is 32.1. The normalized spacial score (nSPS) is 19.2. The zero-order valence-corrected chi connectivity index (χ0v) is 14.0. The summed E-state index contributed by atoms with van der Waals surface area (Å²) in [6.45, 7) is 3.08. The number of hydrogen-bond donors (Lipinski definition) is 2. The SMILES string of the molecule is Cc1cc2c(c(NC(=O)c3ccc(C4CCCN4)s3)n1)C(=O)OC2. The number of amides is 1. The number of hydrogen-bond acceptors (Lipinski definition) is 6. The fourth-order valence-corrected chi connectivity index (χ4v) is 4.16. The molecule has 0 aromatic carbocycles. The van der Waals surface area contributed by atoms with E-state index in [2.05, 4.69) is 15.6 Å². The molecule has 4 rings (SSSR count). The Kier molecular flexibility index (Phi) is 3.82. The number of anilines is 1. The molecule has 1 unspecified atom stereocenters. The van der Waals surface area contributed by atoms with Crippen molar-refractivity contribution in [3.63, 3.8) is 0 Å². The number of thiophene rings is 1. The van der Waals surface area contributed by atoms with Gasteiger partial charge in [0.1, 0.15) is 18.0 Å². The minimum atomic E-state index is -0.435. The number of esters is 1. The van der Waals surface area contributed by atoms with E-state index < -0.39 is 5.97 Å². The molecule has 1 amide bonds. The molecule has 2 aromatic rings. The topological polar surface area (TPSA) is 80.3 Å². The molecule has 2 N–H and O–H groups in total. The number of nitrogens with one attached hydrogen (secondary N) is 2. The molecule has 1 saturated heterocycles. The van der Waals surface area contributed by atoms with E-state index in [1.54, 1.807) is 0 Å². The van der Waals surface area contributed by atoms with Crippen LogP contribution in [-0.2, 0) is 11.3 Å². The van der Waals surface area contributed by atoms with Crippen LogP contribution in [0.25, 0.3) is 0 Å². The molecule has 2 aliphatic rings. The number of pyridine rings is 1. The Morgan fingerprint density at radius 2 is 2.33 bits per heavy atom. The van der Waals surface area contributed by atoms with Crippen molar-refractivity contribution in [2.45, 2.75) is 32.4 Å². The monoisotopic (exact) mass is 343 g/mol. The van der Waals surface area contributed by atoms with Gasteiger partial charge in [0.15, 0.2) is 0 Å². The molecule has 0 radical (unpaired) electrons. The Labute approximate surface area is 143 Å². The average molecular weight is 343 g/mol. The third-order valence-electron chi connectivity index (χ3n) is 4.28. The van der Waals surface area contributed by atoms with Crippen molar-refractivity contribution in [2.75, 3.05) is 11.9 Å². The Bertz CT molecular complexity index is 824. The standard InChI is InChI=1S/C17H17N3O3S/c1-9-7-10-8-23-17(22)14(10)15(19-9)20-16(21)13-5-4-12(24-13)11-3-2-6-18-11/h4-5,7,11,18H,2-3,6,8H2,1H3,(H,19,20,21). The second kappa shape index (κ2) is 5.99. The van der Waals surface area contributed by atoms with Crippen LogP contribution in [0.2, 0.25) is 0 Å². The van der Waals surface area contributed by atoms with Crippen LogP contribution in [0.4, 0.5) is 5.82 Å².